The van der Waals surface area contributed by atoms with Crippen LogP contribution in [0.3, 0.4) is 0 Å². The molecule has 17 nitrogen and oxygen atoms in total. The number of unbranched alkanes of at least 4 members (excludes halogenated alkanes) is 38. The van der Waals surface area contributed by atoms with Crippen LogP contribution in [-0.4, -0.2) is 96.7 Å². The molecule has 0 aromatic carbocycles. The number of carbonyl (C=O) groups excluding carboxylic acids is 4. The molecule has 0 aliphatic heterocycles. The van der Waals surface area contributed by atoms with Crippen LogP contribution in [0.2, 0.25) is 0 Å². The molecule has 0 aliphatic carbocycles. The van der Waals surface area contributed by atoms with Gasteiger partial charge in [-0.3, -0.25) is 37.3 Å². The van der Waals surface area contributed by atoms with Crippen LogP contribution in [0.25, 0.3) is 0 Å². The minimum atomic E-state index is -4.96. The summed E-state index contributed by atoms with van der Waals surface area (Å²) in [6.45, 7) is 9.42. The number of hydrogen-bond donors (Lipinski definition) is 3. The number of aliphatic hydroxyl groups excluding tert-OH is 1. The third-order valence-electron chi connectivity index (χ3n) is 16.6. The highest BCUT2D eigenvalue weighted by Crippen LogP contribution is 2.45. The predicted octanol–water partition coefficient (Wildman–Crippen LogP) is 21.1. The zero-order valence-corrected chi connectivity index (χ0v) is 61.8. The summed E-state index contributed by atoms with van der Waals surface area (Å²) in [6, 6.07) is 0. The average molecular weight is 1360 g/mol. The molecule has 93 heavy (non-hydrogen) atoms. The van der Waals surface area contributed by atoms with E-state index in [1.807, 2.05) is 0 Å². The summed E-state index contributed by atoms with van der Waals surface area (Å²) in [7, 11) is -9.92. The number of hydrogen-bond acceptors (Lipinski definition) is 15. The Labute approximate surface area is 567 Å². The van der Waals surface area contributed by atoms with Crippen LogP contribution >= 0.6 is 15.6 Å². The molecule has 0 bridgehead atoms. The van der Waals surface area contributed by atoms with Crippen molar-refractivity contribution in [3.05, 3.63) is 24.3 Å². The molecule has 0 fully saturated rings. The monoisotopic (exact) mass is 1360 g/mol. The first-order valence-electron chi connectivity index (χ1n) is 37.8. The molecule has 0 saturated carbocycles. The Morgan fingerprint density at radius 3 is 0.882 bits per heavy atom. The van der Waals surface area contributed by atoms with Crippen LogP contribution in [0, 0.1) is 11.8 Å². The number of ether oxygens (including phenoxy) is 4. The second-order valence-corrected chi connectivity index (χ2v) is 29.9. The Bertz CT molecular complexity index is 1900. The van der Waals surface area contributed by atoms with Gasteiger partial charge in [0.25, 0.3) is 0 Å². The van der Waals surface area contributed by atoms with Crippen LogP contribution in [0.5, 0.6) is 0 Å². The first-order chi connectivity index (χ1) is 44.9. The Hall–Kier alpha value is -2.46. The molecule has 0 aromatic rings. The van der Waals surface area contributed by atoms with E-state index in [1.165, 1.54) is 148 Å². The van der Waals surface area contributed by atoms with Crippen molar-refractivity contribution in [2.45, 2.75) is 374 Å². The second-order valence-electron chi connectivity index (χ2n) is 27.0. The molecular weight excluding hydrogens is 1220 g/mol. The molecule has 5 atom stereocenters. The quantitative estimate of drug-likeness (QED) is 0.0169. The van der Waals surface area contributed by atoms with Gasteiger partial charge in [-0.25, -0.2) is 9.13 Å². The number of aliphatic hydroxyl groups is 1. The smallest absolute Gasteiger partial charge is 0.462 e. The van der Waals surface area contributed by atoms with Crippen molar-refractivity contribution >= 4 is 39.5 Å². The third-order valence-corrected chi connectivity index (χ3v) is 18.5. The van der Waals surface area contributed by atoms with Gasteiger partial charge in [0.1, 0.15) is 19.3 Å². The Balaban J connectivity index is 5.28. The maximum absolute atomic E-state index is 13.1. The molecule has 0 heterocycles. The van der Waals surface area contributed by atoms with Gasteiger partial charge in [0.15, 0.2) is 12.2 Å². The molecule has 19 heteroatoms. The number of esters is 4. The van der Waals surface area contributed by atoms with Crippen LogP contribution in [0.4, 0.5) is 0 Å². The topological polar surface area (TPSA) is 237 Å². The largest absolute Gasteiger partial charge is 0.472 e. The maximum Gasteiger partial charge on any atom is 0.472 e. The minimum absolute atomic E-state index is 0.101. The first kappa shape index (κ1) is 90.5. The number of phosphoric ester groups is 2. The van der Waals surface area contributed by atoms with E-state index in [2.05, 4.69) is 65.8 Å². The van der Waals surface area contributed by atoms with Crippen LogP contribution in [-0.2, 0) is 65.4 Å². The van der Waals surface area contributed by atoms with Gasteiger partial charge in [-0.1, -0.05) is 303 Å². The zero-order chi connectivity index (χ0) is 68.6. The van der Waals surface area contributed by atoms with Crippen molar-refractivity contribution < 1.29 is 80.2 Å². The van der Waals surface area contributed by atoms with Crippen molar-refractivity contribution in [3.63, 3.8) is 0 Å². The van der Waals surface area contributed by atoms with E-state index >= 15 is 0 Å². The third kappa shape index (κ3) is 67.9. The van der Waals surface area contributed by atoms with Crippen LogP contribution in [0.15, 0.2) is 24.3 Å². The SMILES string of the molecule is CCCCCC/C=C\C=C/CCCCCCCC(=O)OC[C@H](COP(=O)(O)OC[C@@H](O)COP(=O)(O)OC[C@@H](COC(=O)CCCCCCCCC(C)C)OC(=O)CCCCCCCCCCCCC(C)C)OC(=O)CCCCCCCCCCCCCCCCCC. The molecule has 0 radical (unpaired) electrons. The van der Waals surface area contributed by atoms with E-state index in [0.717, 1.165) is 121 Å². The van der Waals surface area contributed by atoms with Gasteiger partial charge in [0.05, 0.1) is 26.4 Å². The van der Waals surface area contributed by atoms with E-state index in [-0.39, 0.29) is 25.7 Å². The van der Waals surface area contributed by atoms with Crippen molar-refractivity contribution in [2.24, 2.45) is 11.8 Å². The summed E-state index contributed by atoms with van der Waals surface area (Å²) < 4.78 is 68.4. The van der Waals surface area contributed by atoms with Crippen molar-refractivity contribution in [1.82, 2.24) is 0 Å². The van der Waals surface area contributed by atoms with Crippen molar-refractivity contribution in [2.75, 3.05) is 39.6 Å². The molecule has 2 unspecified atom stereocenters. The summed E-state index contributed by atoms with van der Waals surface area (Å²) in [6.07, 6.45) is 55.0. The van der Waals surface area contributed by atoms with Gasteiger partial charge in [0, 0.05) is 25.7 Å². The summed E-state index contributed by atoms with van der Waals surface area (Å²) in [5.41, 5.74) is 0. The van der Waals surface area contributed by atoms with E-state index < -0.39 is 97.5 Å². The normalized spacial score (nSPS) is 14.2. The van der Waals surface area contributed by atoms with E-state index in [9.17, 15) is 43.2 Å². The van der Waals surface area contributed by atoms with Crippen molar-refractivity contribution in [1.29, 1.82) is 0 Å². The Morgan fingerprint density at radius 2 is 0.581 bits per heavy atom. The molecule has 0 rings (SSSR count). The summed E-state index contributed by atoms with van der Waals surface area (Å²) >= 11 is 0. The van der Waals surface area contributed by atoms with Gasteiger partial charge >= 0.3 is 39.5 Å². The first-order valence-corrected chi connectivity index (χ1v) is 40.8. The molecular formula is C74H140O17P2. The lowest BCUT2D eigenvalue weighted by molar-refractivity contribution is -0.161. The number of rotatable bonds is 71. The summed E-state index contributed by atoms with van der Waals surface area (Å²) in [5, 5.41) is 10.6. The average Bonchev–Trinajstić information content (AvgIpc) is 3.67. The van der Waals surface area contributed by atoms with Gasteiger partial charge in [-0.15, -0.1) is 0 Å². The van der Waals surface area contributed by atoms with Gasteiger partial charge in [0.2, 0.25) is 0 Å². The fraction of sp³-hybridized carbons (Fsp3) is 0.892. The van der Waals surface area contributed by atoms with Crippen molar-refractivity contribution in [3.8, 4) is 0 Å². The van der Waals surface area contributed by atoms with Crippen LogP contribution < -0.4 is 0 Å². The molecule has 3 N–H and O–H groups in total. The fourth-order valence-corrected chi connectivity index (χ4v) is 12.3. The number of carbonyl (C=O) groups is 4. The standard InChI is InChI=1S/C74H140O17P2/c1-7-9-11-13-15-17-19-21-23-25-27-29-34-38-46-52-58-73(78)90-69(62-84-71(76)56-50-44-37-33-28-26-24-22-20-18-16-14-12-10-8-2)64-88-92(80,81)86-60-68(75)61-87-93(82,83)89-65-70(63-85-72(77)57-51-45-41-40-43-49-55-67(5)6)91-74(79)59-53-47-39-35-31-30-32-36-42-48-54-66(3)4/h18,20,22,24,66-70,75H,7-17,19,21,23,25-65H2,1-6H3,(H,80,81)(H,82,83)/b20-18-,24-22-/t68-,69-,70-/m1/s1. The summed E-state index contributed by atoms with van der Waals surface area (Å²) in [4.78, 5) is 72.7. The molecule has 0 amide bonds. The lowest BCUT2D eigenvalue weighted by Crippen LogP contribution is -2.30. The van der Waals surface area contributed by atoms with Gasteiger partial charge < -0.3 is 33.8 Å². The van der Waals surface area contributed by atoms with Crippen LogP contribution in [0.1, 0.15) is 356 Å². The fourth-order valence-electron chi connectivity index (χ4n) is 10.8. The lowest BCUT2D eigenvalue weighted by Gasteiger charge is -2.21. The molecule has 0 saturated heterocycles. The highest BCUT2D eigenvalue weighted by atomic mass is 31.2. The highest BCUT2D eigenvalue weighted by Gasteiger charge is 2.30. The molecule has 0 spiro atoms. The highest BCUT2D eigenvalue weighted by molar-refractivity contribution is 7.47. The Morgan fingerprint density at radius 1 is 0.333 bits per heavy atom. The van der Waals surface area contributed by atoms with E-state index in [0.29, 0.717) is 31.6 Å². The minimum Gasteiger partial charge on any atom is -0.462 e. The molecule has 0 aromatic heterocycles. The van der Waals surface area contributed by atoms with Gasteiger partial charge in [-0.2, -0.15) is 0 Å². The molecule has 0 aliphatic rings. The maximum atomic E-state index is 13.1. The number of phosphoric acid groups is 2. The predicted molar refractivity (Wildman–Crippen MR) is 377 cm³/mol. The number of allylic oxidation sites excluding steroid dienone is 4. The zero-order valence-electron chi connectivity index (χ0n) is 60.0. The van der Waals surface area contributed by atoms with E-state index in [1.54, 1.807) is 0 Å². The molecule has 548 valence electrons. The summed E-state index contributed by atoms with van der Waals surface area (Å²) in [5.74, 6) is -0.723. The second kappa shape index (κ2) is 65.5. The van der Waals surface area contributed by atoms with E-state index in [4.69, 9.17) is 37.0 Å². The Kier molecular flexibility index (Phi) is 63.7. The van der Waals surface area contributed by atoms with Gasteiger partial charge in [-0.05, 0) is 63.2 Å². The lowest BCUT2D eigenvalue weighted by atomic mass is 10.0.